The van der Waals surface area contributed by atoms with Gasteiger partial charge in [-0.25, -0.2) is 0 Å². The van der Waals surface area contributed by atoms with Gasteiger partial charge in [-0.3, -0.25) is 4.79 Å². The lowest BCUT2D eigenvalue weighted by Gasteiger charge is -2.12. The van der Waals surface area contributed by atoms with Gasteiger partial charge in [0.15, 0.2) is 0 Å². The van der Waals surface area contributed by atoms with E-state index in [4.69, 9.17) is 10.5 Å². The van der Waals surface area contributed by atoms with Crippen LogP contribution in [0.15, 0.2) is 0 Å². The van der Waals surface area contributed by atoms with Crippen LogP contribution >= 0.6 is 0 Å². The predicted molar refractivity (Wildman–Crippen MR) is 59.5 cm³/mol. The molecule has 0 amide bonds. The third-order valence-electron chi connectivity index (χ3n) is 2.26. The number of rotatable bonds is 8. The molecule has 0 saturated carbocycles. The highest BCUT2D eigenvalue weighted by molar-refractivity contribution is 5.75. The molecular formula is C11H23NO3. The van der Waals surface area contributed by atoms with Crippen LogP contribution in [-0.4, -0.2) is 32.3 Å². The molecule has 2 N–H and O–H groups in total. The van der Waals surface area contributed by atoms with Gasteiger partial charge in [-0.15, -0.1) is 0 Å². The van der Waals surface area contributed by atoms with Gasteiger partial charge in [0.2, 0.25) is 0 Å². The first-order valence-electron chi connectivity index (χ1n) is 5.53. The average molecular weight is 217 g/mol. The predicted octanol–water partition coefficient (Wildman–Crippen LogP) is 1.33. The summed E-state index contributed by atoms with van der Waals surface area (Å²) in [5.74, 6) is 0.199. The Balaban J connectivity index is 3.41. The Morgan fingerprint density at radius 2 is 2.07 bits per heavy atom. The second kappa shape index (κ2) is 8.68. The van der Waals surface area contributed by atoms with Gasteiger partial charge in [0.1, 0.15) is 6.04 Å². The molecule has 0 spiro atoms. The van der Waals surface area contributed by atoms with Crippen molar-refractivity contribution in [3.8, 4) is 0 Å². The third kappa shape index (κ3) is 7.33. The largest absolute Gasteiger partial charge is 0.468 e. The molecule has 0 rings (SSSR count). The van der Waals surface area contributed by atoms with E-state index in [2.05, 4.69) is 18.6 Å². The first-order valence-corrected chi connectivity index (χ1v) is 5.53. The zero-order valence-electron chi connectivity index (χ0n) is 9.99. The van der Waals surface area contributed by atoms with Crippen LogP contribution in [0.25, 0.3) is 0 Å². The van der Waals surface area contributed by atoms with E-state index in [-0.39, 0.29) is 5.97 Å². The molecule has 0 radical (unpaired) electrons. The number of carbonyl (C=O) groups is 1. The summed E-state index contributed by atoms with van der Waals surface area (Å²) >= 11 is 0. The van der Waals surface area contributed by atoms with Crippen LogP contribution in [-0.2, 0) is 14.3 Å². The fourth-order valence-electron chi connectivity index (χ4n) is 1.34. The van der Waals surface area contributed by atoms with Gasteiger partial charge in [0.05, 0.1) is 7.11 Å². The van der Waals surface area contributed by atoms with Gasteiger partial charge >= 0.3 is 5.97 Å². The molecule has 2 unspecified atom stereocenters. The van der Waals surface area contributed by atoms with E-state index < -0.39 is 6.04 Å². The second-order valence-corrected chi connectivity index (χ2v) is 3.89. The summed E-state index contributed by atoms with van der Waals surface area (Å²) in [5, 5.41) is 0. The lowest BCUT2D eigenvalue weighted by molar-refractivity contribution is -0.142. The topological polar surface area (TPSA) is 61.5 Å². The Hall–Kier alpha value is -0.610. The summed E-state index contributed by atoms with van der Waals surface area (Å²) in [4.78, 5) is 10.9. The minimum atomic E-state index is -0.559. The average Bonchev–Trinajstić information content (AvgIpc) is 2.23. The molecule has 0 aliphatic heterocycles. The van der Waals surface area contributed by atoms with E-state index in [1.165, 1.54) is 20.0 Å². The molecule has 0 saturated heterocycles. The molecule has 90 valence electrons. The molecule has 4 heteroatoms. The van der Waals surface area contributed by atoms with Crippen molar-refractivity contribution in [3.05, 3.63) is 0 Å². The van der Waals surface area contributed by atoms with E-state index in [9.17, 15) is 4.79 Å². The maximum Gasteiger partial charge on any atom is 0.322 e. The van der Waals surface area contributed by atoms with Crippen LogP contribution in [0, 0.1) is 5.92 Å². The van der Waals surface area contributed by atoms with Crippen LogP contribution in [0.2, 0.25) is 0 Å². The second-order valence-electron chi connectivity index (χ2n) is 3.89. The maximum atomic E-state index is 10.9. The van der Waals surface area contributed by atoms with Gasteiger partial charge < -0.3 is 15.2 Å². The number of carbonyl (C=O) groups excluding carboxylic acids is 1. The maximum absolute atomic E-state index is 10.9. The van der Waals surface area contributed by atoms with Gasteiger partial charge in [-0.05, 0) is 18.8 Å². The van der Waals surface area contributed by atoms with Crippen molar-refractivity contribution < 1.29 is 14.3 Å². The van der Waals surface area contributed by atoms with Crippen molar-refractivity contribution in [2.45, 2.75) is 39.2 Å². The molecule has 0 aromatic heterocycles. The van der Waals surface area contributed by atoms with Crippen molar-refractivity contribution in [1.82, 2.24) is 0 Å². The summed E-state index contributed by atoms with van der Waals surface area (Å²) in [7, 11) is 1.34. The van der Waals surface area contributed by atoms with Gasteiger partial charge in [-0.1, -0.05) is 20.3 Å². The van der Waals surface area contributed by atoms with Crippen molar-refractivity contribution in [1.29, 1.82) is 0 Å². The standard InChI is InChI=1S/C11H23NO3/c1-4-5-9(2)8-15-7-6-10(12)11(13)14-3/h9-10H,4-8,12H2,1-3H3. The van der Waals surface area contributed by atoms with Crippen LogP contribution in [0.1, 0.15) is 33.1 Å². The van der Waals surface area contributed by atoms with Crippen molar-refractivity contribution in [3.63, 3.8) is 0 Å². The molecule has 0 aliphatic rings. The Morgan fingerprint density at radius 1 is 1.40 bits per heavy atom. The van der Waals surface area contributed by atoms with Gasteiger partial charge in [-0.2, -0.15) is 0 Å². The highest BCUT2D eigenvalue weighted by atomic mass is 16.5. The Kier molecular flexibility index (Phi) is 8.33. The number of methoxy groups -OCH3 is 1. The van der Waals surface area contributed by atoms with Crippen LogP contribution in [0.4, 0.5) is 0 Å². The van der Waals surface area contributed by atoms with E-state index in [0.29, 0.717) is 18.9 Å². The first-order chi connectivity index (χ1) is 7.11. The summed E-state index contributed by atoms with van der Waals surface area (Å²) in [5.41, 5.74) is 5.55. The summed E-state index contributed by atoms with van der Waals surface area (Å²) < 4.78 is 9.93. The minimum absolute atomic E-state index is 0.375. The molecule has 2 atom stereocenters. The molecule has 0 fully saturated rings. The normalized spacial score (nSPS) is 14.7. The lowest BCUT2D eigenvalue weighted by atomic mass is 10.1. The summed E-state index contributed by atoms with van der Waals surface area (Å²) in [6, 6.07) is -0.559. The molecule has 0 bridgehead atoms. The Bertz CT molecular complexity index is 173. The van der Waals surface area contributed by atoms with Crippen LogP contribution in [0.3, 0.4) is 0 Å². The number of ether oxygens (including phenoxy) is 2. The minimum Gasteiger partial charge on any atom is -0.468 e. The van der Waals surface area contributed by atoms with E-state index in [0.717, 1.165) is 6.61 Å². The highest BCUT2D eigenvalue weighted by Crippen LogP contribution is 2.05. The molecule has 15 heavy (non-hydrogen) atoms. The van der Waals surface area contributed by atoms with Crippen molar-refractivity contribution >= 4 is 5.97 Å². The SMILES string of the molecule is CCCC(C)COCCC(N)C(=O)OC. The van der Waals surface area contributed by atoms with Gasteiger partial charge in [0.25, 0.3) is 0 Å². The smallest absolute Gasteiger partial charge is 0.322 e. The molecular weight excluding hydrogens is 194 g/mol. The fourth-order valence-corrected chi connectivity index (χ4v) is 1.34. The zero-order valence-corrected chi connectivity index (χ0v) is 9.99. The molecule has 0 aromatic carbocycles. The van der Waals surface area contributed by atoms with Crippen LogP contribution < -0.4 is 5.73 Å². The van der Waals surface area contributed by atoms with Crippen LogP contribution in [0.5, 0.6) is 0 Å². The summed E-state index contributed by atoms with van der Waals surface area (Å²) in [6.45, 7) is 5.57. The van der Waals surface area contributed by atoms with Gasteiger partial charge in [0, 0.05) is 13.2 Å². The Morgan fingerprint density at radius 3 is 2.60 bits per heavy atom. The number of esters is 1. The number of nitrogens with two attached hydrogens (primary N) is 1. The first kappa shape index (κ1) is 14.4. The monoisotopic (exact) mass is 217 g/mol. The Labute approximate surface area is 92.1 Å². The van der Waals surface area contributed by atoms with E-state index in [1.54, 1.807) is 0 Å². The molecule has 0 aliphatic carbocycles. The highest BCUT2D eigenvalue weighted by Gasteiger charge is 2.12. The van der Waals surface area contributed by atoms with E-state index >= 15 is 0 Å². The third-order valence-corrected chi connectivity index (χ3v) is 2.26. The quantitative estimate of drug-likeness (QED) is 0.492. The fraction of sp³-hybridized carbons (Fsp3) is 0.909. The zero-order chi connectivity index (χ0) is 11.7. The number of hydrogen-bond acceptors (Lipinski definition) is 4. The molecule has 4 nitrogen and oxygen atoms in total. The molecule has 0 heterocycles. The number of hydrogen-bond donors (Lipinski definition) is 1. The van der Waals surface area contributed by atoms with E-state index in [1.807, 2.05) is 0 Å². The lowest BCUT2D eigenvalue weighted by Crippen LogP contribution is -2.32. The van der Waals surface area contributed by atoms with Crippen molar-refractivity contribution in [2.24, 2.45) is 11.7 Å². The van der Waals surface area contributed by atoms with Crippen molar-refractivity contribution in [2.75, 3.05) is 20.3 Å². The molecule has 0 aromatic rings. The summed E-state index contributed by atoms with van der Waals surface area (Å²) in [6.07, 6.45) is 2.86.